The van der Waals surface area contributed by atoms with Crippen LogP contribution in [0.2, 0.25) is 0 Å². The van der Waals surface area contributed by atoms with Crippen molar-refractivity contribution >= 4 is 8.58 Å². The van der Waals surface area contributed by atoms with Crippen LogP contribution in [0.3, 0.4) is 0 Å². The smallest absolute Gasteiger partial charge is 0.0710 e. The van der Waals surface area contributed by atoms with E-state index in [2.05, 4.69) is 29.0 Å². The lowest BCUT2D eigenvalue weighted by Gasteiger charge is -2.38. The Hall–Kier alpha value is -0.0700. The highest BCUT2D eigenvalue weighted by Crippen LogP contribution is 2.31. The standard InChI is InChI=1S/C15H29N2P/c1-2-10-16-11-8-12-17(14-16)15-9-6-4-3-5-7-13-18-15/h8,12,15,18H,2-7,9-11,13-14H2,1H3. The van der Waals surface area contributed by atoms with Crippen LogP contribution in [-0.2, 0) is 0 Å². The van der Waals surface area contributed by atoms with E-state index in [4.69, 9.17) is 0 Å². The number of hydrogen-bond acceptors (Lipinski definition) is 2. The summed E-state index contributed by atoms with van der Waals surface area (Å²) >= 11 is 0. The first-order chi connectivity index (χ1) is 8.90. The van der Waals surface area contributed by atoms with Crippen LogP contribution in [0.25, 0.3) is 0 Å². The van der Waals surface area contributed by atoms with Crippen LogP contribution in [0, 0.1) is 0 Å². The Kier molecular flexibility index (Phi) is 6.51. The maximum Gasteiger partial charge on any atom is 0.0710 e. The predicted molar refractivity (Wildman–Crippen MR) is 82.4 cm³/mol. The van der Waals surface area contributed by atoms with Crippen molar-refractivity contribution in [2.45, 2.75) is 57.7 Å². The molecule has 2 aliphatic heterocycles. The van der Waals surface area contributed by atoms with Gasteiger partial charge in [-0.15, -0.1) is 0 Å². The molecule has 2 atom stereocenters. The van der Waals surface area contributed by atoms with Crippen molar-refractivity contribution in [1.82, 2.24) is 9.80 Å². The van der Waals surface area contributed by atoms with Gasteiger partial charge in [0.1, 0.15) is 0 Å². The van der Waals surface area contributed by atoms with Gasteiger partial charge in [-0.2, -0.15) is 0 Å². The quantitative estimate of drug-likeness (QED) is 0.717. The molecule has 0 spiro atoms. The molecule has 0 aromatic carbocycles. The van der Waals surface area contributed by atoms with Crippen molar-refractivity contribution in [3.05, 3.63) is 12.3 Å². The van der Waals surface area contributed by atoms with E-state index >= 15 is 0 Å². The molecule has 0 aromatic heterocycles. The fourth-order valence-electron chi connectivity index (χ4n) is 2.99. The Bertz CT molecular complexity index is 245. The predicted octanol–water partition coefficient (Wildman–Crippen LogP) is 3.84. The van der Waals surface area contributed by atoms with Gasteiger partial charge in [0.05, 0.1) is 6.67 Å². The van der Waals surface area contributed by atoms with Gasteiger partial charge in [0.25, 0.3) is 0 Å². The zero-order chi connectivity index (χ0) is 12.6. The summed E-state index contributed by atoms with van der Waals surface area (Å²) in [5, 5.41) is 0. The Balaban J connectivity index is 1.87. The van der Waals surface area contributed by atoms with Crippen molar-refractivity contribution < 1.29 is 0 Å². The van der Waals surface area contributed by atoms with E-state index in [9.17, 15) is 0 Å². The normalized spacial score (nSPS) is 28.9. The molecule has 0 N–H and O–H groups in total. The van der Waals surface area contributed by atoms with Gasteiger partial charge < -0.3 is 4.90 Å². The highest BCUT2D eigenvalue weighted by atomic mass is 31.1. The van der Waals surface area contributed by atoms with Crippen LogP contribution in [-0.4, -0.2) is 41.5 Å². The average molecular weight is 268 g/mol. The number of rotatable bonds is 3. The molecule has 3 heteroatoms. The van der Waals surface area contributed by atoms with Gasteiger partial charge in [-0.3, -0.25) is 4.90 Å². The van der Waals surface area contributed by atoms with Crippen LogP contribution in [0.4, 0.5) is 0 Å². The summed E-state index contributed by atoms with van der Waals surface area (Å²) in [4.78, 5) is 5.21. The second-order valence-corrected chi connectivity index (χ2v) is 7.22. The van der Waals surface area contributed by atoms with Crippen molar-refractivity contribution in [3.63, 3.8) is 0 Å². The zero-order valence-corrected chi connectivity index (χ0v) is 12.9. The molecule has 0 radical (unpaired) electrons. The fourth-order valence-corrected chi connectivity index (χ4v) is 4.59. The molecule has 104 valence electrons. The summed E-state index contributed by atoms with van der Waals surface area (Å²) in [5.74, 6) is 0.832. The van der Waals surface area contributed by atoms with Crippen molar-refractivity contribution in [2.24, 2.45) is 0 Å². The third-order valence-electron chi connectivity index (χ3n) is 4.00. The minimum atomic E-state index is 0.832. The lowest BCUT2D eigenvalue weighted by molar-refractivity contribution is 0.156. The Morgan fingerprint density at radius 1 is 1.17 bits per heavy atom. The van der Waals surface area contributed by atoms with Gasteiger partial charge >= 0.3 is 0 Å². The topological polar surface area (TPSA) is 6.48 Å². The number of hydrogen-bond donors (Lipinski definition) is 0. The first-order valence-electron chi connectivity index (χ1n) is 7.78. The zero-order valence-electron chi connectivity index (χ0n) is 11.9. The van der Waals surface area contributed by atoms with Crippen LogP contribution < -0.4 is 0 Å². The Morgan fingerprint density at radius 2 is 2.00 bits per heavy atom. The van der Waals surface area contributed by atoms with E-state index in [0.29, 0.717) is 0 Å². The molecule has 2 unspecified atom stereocenters. The third kappa shape index (κ3) is 4.55. The molecule has 2 heterocycles. The van der Waals surface area contributed by atoms with Crippen LogP contribution in [0.15, 0.2) is 12.3 Å². The van der Waals surface area contributed by atoms with Crippen molar-refractivity contribution in [2.75, 3.05) is 25.9 Å². The summed E-state index contributed by atoms with van der Waals surface area (Å²) in [6.45, 7) is 5.85. The minimum absolute atomic E-state index is 0.832. The Labute approximate surface area is 115 Å². The lowest BCUT2D eigenvalue weighted by atomic mass is 10.1. The summed E-state index contributed by atoms with van der Waals surface area (Å²) in [6, 6.07) is 0. The average Bonchev–Trinajstić information content (AvgIpc) is 2.53. The van der Waals surface area contributed by atoms with Gasteiger partial charge in [0.2, 0.25) is 0 Å². The van der Waals surface area contributed by atoms with Crippen molar-refractivity contribution in [1.29, 1.82) is 0 Å². The fraction of sp³-hybridized carbons (Fsp3) is 0.867. The molecule has 0 aromatic rings. The van der Waals surface area contributed by atoms with Gasteiger partial charge in [-0.25, -0.2) is 0 Å². The molecule has 0 bridgehead atoms. The van der Waals surface area contributed by atoms with E-state index in [0.717, 1.165) is 20.9 Å². The molecule has 0 saturated carbocycles. The summed E-state index contributed by atoms with van der Waals surface area (Å²) in [7, 11) is 1.15. The lowest BCUT2D eigenvalue weighted by Crippen LogP contribution is -2.42. The molecule has 2 nitrogen and oxygen atoms in total. The number of nitrogens with zero attached hydrogens (tertiary/aromatic N) is 2. The van der Waals surface area contributed by atoms with Gasteiger partial charge in [0, 0.05) is 12.3 Å². The molecule has 1 fully saturated rings. The molecule has 18 heavy (non-hydrogen) atoms. The summed E-state index contributed by atoms with van der Waals surface area (Å²) < 4.78 is 0. The minimum Gasteiger partial charge on any atom is -0.358 e. The van der Waals surface area contributed by atoms with Crippen molar-refractivity contribution in [3.8, 4) is 0 Å². The highest BCUT2D eigenvalue weighted by Gasteiger charge is 2.20. The molecule has 2 aliphatic rings. The van der Waals surface area contributed by atoms with Gasteiger partial charge in [-0.1, -0.05) is 47.3 Å². The van der Waals surface area contributed by atoms with E-state index in [1.165, 1.54) is 64.3 Å². The van der Waals surface area contributed by atoms with Crippen LogP contribution in [0.5, 0.6) is 0 Å². The van der Waals surface area contributed by atoms with Crippen LogP contribution in [0.1, 0.15) is 51.9 Å². The second kappa shape index (κ2) is 8.17. The van der Waals surface area contributed by atoms with E-state index < -0.39 is 0 Å². The monoisotopic (exact) mass is 268 g/mol. The molecular formula is C15H29N2P. The summed E-state index contributed by atoms with van der Waals surface area (Å²) in [6.07, 6.45) is 16.2. The van der Waals surface area contributed by atoms with E-state index in [1.807, 2.05) is 0 Å². The van der Waals surface area contributed by atoms with Crippen LogP contribution >= 0.6 is 8.58 Å². The largest absolute Gasteiger partial charge is 0.358 e. The third-order valence-corrected chi connectivity index (χ3v) is 5.73. The molecule has 0 amide bonds. The summed E-state index contributed by atoms with van der Waals surface area (Å²) in [5.41, 5.74) is 0. The maximum atomic E-state index is 2.63. The molecular weight excluding hydrogens is 239 g/mol. The molecule has 2 rings (SSSR count). The molecule has 0 aliphatic carbocycles. The second-order valence-electron chi connectivity index (χ2n) is 5.64. The van der Waals surface area contributed by atoms with E-state index in [-0.39, 0.29) is 0 Å². The first kappa shape index (κ1) is 14.3. The maximum absolute atomic E-state index is 2.63. The van der Waals surface area contributed by atoms with Gasteiger partial charge in [0.15, 0.2) is 0 Å². The Morgan fingerprint density at radius 3 is 2.89 bits per heavy atom. The SMILES string of the molecule is CCCN1CC=CN(C2CCCCCCCP2)C1. The van der Waals surface area contributed by atoms with E-state index in [1.54, 1.807) is 0 Å². The first-order valence-corrected chi connectivity index (χ1v) is 9.06. The highest BCUT2D eigenvalue weighted by molar-refractivity contribution is 7.38. The molecule has 1 saturated heterocycles. The van der Waals surface area contributed by atoms with Gasteiger partial charge in [-0.05, 0) is 38.2 Å².